The quantitative estimate of drug-likeness (QED) is 0.561. The Labute approximate surface area is 142 Å². The number of H-pyrrole nitrogens is 1. The van der Waals surface area contributed by atoms with Crippen LogP contribution in [0.2, 0.25) is 0 Å². The smallest absolute Gasteiger partial charge is 0.118 e. The highest BCUT2D eigenvalue weighted by atomic mass is 16.3. The fourth-order valence-corrected chi connectivity index (χ4v) is 2.98. The molecule has 0 fully saturated rings. The van der Waals surface area contributed by atoms with Crippen LogP contribution in [0.5, 0.6) is 5.75 Å². The van der Waals surface area contributed by atoms with Crippen LogP contribution in [0.25, 0.3) is 10.9 Å². The summed E-state index contributed by atoms with van der Waals surface area (Å²) in [5.74, 6) is 0.220. The number of phenolic OH excluding ortho intramolecular Hbond substituents is 1. The molecule has 2 unspecified atom stereocenters. The number of phenols is 1. The van der Waals surface area contributed by atoms with E-state index in [-0.39, 0.29) is 11.8 Å². The van der Waals surface area contributed by atoms with Gasteiger partial charge in [-0.1, -0.05) is 30.3 Å². The average molecular weight is 324 g/mol. The molecule has 2 aromatic carbocycles. The van der Waals surface area contributed by atoms with E-state index in [1.165, 1.54) is 10.9 Å². The fraction of sp³-hybridized carbons (Fsp3) is 0.300. The van der Waals surface area contributed by atoms with Gasteiger partial charge in [-0.05, 0) is 55.6 Å². The highest BCUT2D eigenvalue weighted by Crippen LogP contribution is 2.24. The molecule has 0 bridgehead atoms. The van der Waals surface area contributed by atoms with Crippen molar-refractivity contribution in [1.29, 1.82) is 0 Å². The normalized spacial score (nSPS) is 14.0. The molecule has 1 heterocycles. The first-order valence-corrected chi connectivity index (χ1v) is 8.32. The summed E-state index contributed by atoms with van der Waals surface area (Å²) in [6.07, 6.45) is 2.28. The molecule has 0 spiro atoms. The van der Waals surface area contributed by atoms with Crippen molar-refractivity contribution in [1.82, 2.24) is 10.3 Å². The zero-order valence-electron chi connectivity index (χ0n) is 14.1. The second kappa shape index (κ2) is 7.07. The monoisotopic (exact) mass is 324 g/mol. The lowest BCUT2D eigenvalue weighted by Crippen LogP contribution is -2.33. The highest BCUT2D eigenvalue weighted by molar-refractivity contribution is 5.83. The summed E-state index contributed by atoms with van der Waals surface area (Å²) in [6, 6.07) is 13.5. The van der Waals surface area contributed by atoms with E-state index >= 15 is 0 Å². The second-order valence-corrected chi connectivity index (χ2v) is 6.34. The maximum atomic E-state index is 10.5. The number of aromatic nitrogens is 1. The maximum Gasteiger partial charge on any atom is 0.118 e. The molecule has 0 amide bonds. The van der Waals surface area contributed by atoms with Crippen molar-refractivity contribution < 1.29 is 10.2 Å². The van der Waals surface area contributed by atoms with Crippen LogP contribution in [0.15, 0.2) is 48.7 Å². The summed E-state index contributed by atoms with van der Waals surface area (Å²) in [4.78, 5) is 3.28. The number of fused-ring (bicyclic) bond motifs is 1. The molecular weight excluding hydrogens is 300 g/mol. The van der Waals surface area contributed by atoms with Gasteiger partial charge in [0.25, 0.3) is 0 Å². The molecule has 2 atom stereocenters. The largest absolute Gasteiger partial charge is 0.508 e. The Bertz CT molecular complexity index is 825. The van der Waals surface area contributed by atoms with Crippen LogP contribution in [0.3, 0.4) is 0 Å². The van der Waals surface area contributed by atoms with Crippen LogP contribution in [-0.2, 0) is 6.42 Å². The molecule has 1 aromatic heterocycles. The Morgan fingerprint density at radius 1 is 1.17 bits per heavy atom. The molecule has 0 radical (unpaired) electrons. The number of nitrogens with one attached hydrogen (secondary N) is 2. The van der Waals surface area contributed by atoms with Gasteiger partial charge in [-0.2, -0.15) is 0 Å². The summed E-state index contributed by atoms with van der Waals surface area (Å²) < 4.78 is 0. The number of para-hydroxylation sites is 1. The van der Waals surface area contributed by atoms with Crippen LogP contribution < -0.4 is 5.32 Å². The zero-order valence-corrected chi connectivity index (χ0v) is 14.1. The zero-order chi connectivity index (χ0) is 17.1. The van der Waals surface area contributed by atoms with Crippen LogP contribution in [0.4, 0.5) is 0 Å². The van der Waals surface area contributed by atoms with E-state index in [0.29, 0.717) is 0 Å². The molecule has 4 N–H and O–H groups in total. The minimum absolute atomic E-state index is 0.0997. The summed E-state index contributed by atoms with van der Waals surface area (Å²) in [5.41, 5.74) is 3.96. The van der Waals surface area contributed by atoms with Crippen molar-refractivity contribution >= 4 is 10.9 Å². The van der Waals surface area contributed by atoms with Crippen molar-refractivity contribution in [3.05, 3.63) is 65.4 Å². The third-order valence-electron chi connectivity index (χ3n) is 4.58. The molecule has 24 heavy (non-hydrogen) atoms. The minimum Gasteiger partial charge on any atom is -0.508 e. The third-order valence-corrected chi connectivity index (χ3v) is 4.58. The maximum absolute atomic E-state index is 10.5. The number of aryl methyl sites for hydroxylation is 1. The standard InChI is InChI=1S/C20H24N2O2/c1-13-7-8-15(11-19(13)23)20(24)14(2)21-10-9-16-12-22-18-6-4-3-5-17(16)18/h3-8,11-12,14,20-24H,9-10H2,1-2H3. The molecule has 126 valence electrons. The van der Waals surface area contributed by atoms with Gasteiger partial charge in [0.1, 0.15) is 5.75 Å². The Morgan fingerprint density at radius 2 is 1.96 bits per heavy atom. The van der Waals surface area contributed by atoms with E-state index in [1.807, 2.05) is 44.3 Å². The van der Waals surface area contributed by atoms with Gasteiger partial charge in [-0.3, -0.25) is 0 Å². The summed E-state index contributed by atoms with van der Waals surface area (Å²) >= 11 is 0. The Hall–Kier alpha value is -2.30. The summed E-state index contributed by atoms with van der Waals surface area (Å²) in [7, 11) is 0. The number of hydrogen-bond donors (Lipinski definition) is 4. The molecule has 0 saturated heterocycles. The molecular formula is C20H24N2O2. The minimum atomic E-state index is -0.653. The number of aromatic hydroxyl groups is 1. The molecule has 4 heteroatoms. The van der Waals surface area contributed by atoms with Crippen molar-refractivity contribution in [3.63, 3.8) is 0 Å². The summed E-state index contributed by atoms with van der Waals surface area (Å²) in [6.45, 7) is 4.57. The van der Waals surface area contributed by atoms with E-state index in [0.717, 1.165) is 29.6 Å². The predicted octanol–water partition coefficient (Wildman–Crippen LogP) is 3.44. The SMILES string of the molecule is Cc1ccc(C(O)C(C)NCCc2c[nH]c3ccccc23)cc1O. The van der Waals surface area contributed by atoms with Gasteiger partial charge in [0.05, 0.1) is 6.10 Å². The Kier molecular flexibility index (Phi) is 4.88. The van der Waals surface area contributed by atoms with Crippen LogP contribution >= 0.6 is 0 Å². The van der Waals surface area contributed by atoms with Gasteiger partial charge >= 0.3 is 0 Å². The topological polar surface area (TPSA) is 68.3 Å². The van der Waals surface area contributed by atoms with E-state index in [2.05, 4.69) is 22.4 Å². The molecule has 3 rings (SSSR count). The van der Waals surface area contributed by atoms with Gasteiger partial charge in [0, 0.05) is 23.1 Å². The number of rotatable bonds is 6. The predicted molar refractivity (Wildman–Crippen MR) is 97.3 cm³/mol. The van der Waals surface area contributed by atoms with Gasteiger partial charge in [0.15, 0.2) is 0 Å². The van der Waals surface area contributed by atoms with Crippen LogP contribution in [0, 0.1) is 6.92 Å². The van der Waals surface area contributed by atoms with Crippen LogP contribution in [-0.4, -0.2) is 27.8 Å². The number of aromatic amines is 1. The Morgan fingerprint density at radius 3 is 2.75 bits per heavy atom. The summed E-state index contributed by atoms with van der Waals surface area (Å²) in [5, 5.41) is 24.9. The molecule has 0 aliphatic rings. The fourth-order valence-electron chi connectivity index (χ4n) is 2.98. The first-order valence-electron chi connectivity index (χ1n) is 8.32. The van der Waals surface area contributed by atoms with E-state index in [4.69, 9.17) is 0 Å². The first kappa shape index (κ1) is 16.6. The molecule has 0 aliphatic carbocycles. The van der Waals surface area contributed by atoms with Gasteiger partial charge in [0.2, 0.25) is 0 Å². The lowest BCUT2D eigenvalue weighted by molar-refractivity contribution is 0.136. The lowest BCUT2D eigenvalue weighted by Gasteiger charge is -2.21. The third kappa shape index (κ3) is 3.45. The second-order valence-electron chi connectivity index (χ2n) is 6.34. The molecule has 0 aliphatic heterocycles. The molecule has 0 saturated carbocycles. The highest BCUT2D eigenvalue weighted by Gasteiger charge is 2.17. The molecule has 3 aromatic rings. The van der Waals surface area contributed by atoms with E-state index in [1.54, 1.807) is 6.07 Å². The van der Waals surface area contributed by atoms with Crippen molar-refractivity contribution in [3.8, 4) is 5.75 Å². The number of aliphatic hydroxyl groups excluding tert-OH is 1. The average Bonchev–Trinajstić information content (AvgIpc) is 3.00. The van der Waals surface area contributed by atoms with Crippen molar-refractivity contribution in [2.75, 3.05) is 6.54 Å². The Balaban J connectivity index is 1.58. The number of aliphatic hydroxyl groups is 1. The van der Waals surface area contributed by atoms with Gasteiger partial charge < -0.3 is 20.5 Å². The van der Waals surface area contributed by atoms with Gasteiger partial charge in [-0.15, -0.1) is 0 Å². The van der Waals surface area contributed by atoms with Gasteiger partial charge in [-0.25, -0.2) is 0 Å². The number of hydrogen-bond acceptors (Lipinski definition) is 3. The first-order chi connectivity index (χ1) is 11.6. The van der Waals surface area contributed by atoms with Crippen LogP contribution in [0.1, 0.15) is 29.7 Å². The van der Waals surface area contributed by atoms with E-state index < -0.39 is 6.10 Å². The molecule has 4 nitrogen and oxygen atoms in total. The van der Waals surface area contributed by atoms with Crippen molar-refractivity contribution in [2.24, 2.45) is 0 Å². The van der Waals surface area contributed by atoms with Crippen molar-refractivity contribution in [2.45, 2.75) is 32.4 Å². The van der Waals surface area contributed by atoms with E-state index in [9.17, 15) is 10.2 Å². The number of benzene rings is 2. The lowest BCUT2D eigenvalue weighted by atomic mass is 10.0.